The predicted octanol–water partition coefficient (Wildman–Crippen LogP) is 3.37. The lowest BCUT2D eigenvalue weighted by Gasteiger charge is -2.14. The molecule has 0 saturated carbocycles. The van der Waals surface area contributed by atoms with Crippen molar-refractivity contribution >= 4 is 23.8 Å². The fourth-order valence-electron chi connectivity index (χ4n) is 3.88. The first-order chi connectivity index (χ1) is 16.5. The van der Waals surface area contributed by atoms with E-state index in [0.717, 1.165) is 22.3 Å². The number of ether oxygens (including phenoxy) is 1. The van der Waals surface area contributed by atoms with E-state index in [9.17, 15) is 19.5 Å². The SMILES string of the molecule is CC#CCC(NC(=O)c1cc(NC(=O)OCC2c3ccccc3-c3ccccc32)n[nH]1)C(=O)O. The van der Waals surface area contributed by atoms with E-state index in [1.54, 1.807) is 6.92 Å². The monoisotopic (exact) mass is 458 g/mol. The molecule has 1 aliphatic carbocycles. The van der Waals surface area contributed by atoms with Crippen LogP contribution in [-0.4, -0.2) is 45.9 Å². The van der Waals surface area contributed by atoms with Gasteiger partial charge in [-0.3, -0.25) is 15.2 Å². The maximum absolute atomic E-state index is 12.4. The molecule has 0 radical (unpaired) electrons. The van der Waals surface area contributed by atoms with Crippen LogP contribution in [-0.2, 0) is 9.53 Å². The first kappa shape index (κ1) is 22.6. The van der Waals surface area contributed by atoms with E-state index < -0.39 is 24.0 Å². The van der Waals surface area contributed by atoms with Gasteiger partial charge in [0.05, 0.1) is 0 Å². The molecule has 0 saturated heterocycles. The Labute approximate surface area is 195 Å². The number of carboxylic acid groups (broad SMARTS) is 1. The molecule has 0 bridgehead atoms. The number of carbonyl (C=O) groups is 3. The number of carboxylic acids is 1. The van der Waals surface area contributed by atoms with Gasteiger partial charge in [0.2, 0.25) is 0 Å². The summed E-state index contributed by atoms with van der Waals surface area (Å²) in [4.78, 5) is 36.0. The Kier molecular flexibility index (Phi) is 6.59. The van der Waals surface area contributed by atoms with Gasteiger partial charge in [0.25, 0.3) is 5.91 Å². The van der Waals surface area contributed by atoms with Gasteiger partial charge in [-0.1, -0.05) is 48.5 Å². The quantitative estimate of drug-likeness (QED) is 0.401. The number of carbonyl (C=O) groups excluding carboxylic acids is 2. The van der Waals surface area contributed by atoms with Crippen molar-refractivity contribution in [3.8, 4) is 23.0 Å². The fourth-order valence-corrected chi connectivity index (χ4v) is 3.88. The number of benzene rings is 2. The molecule has 9 heteroatoms. The zero-order valence-electron chi connectivity index (χ0n) is 18.3. The van der Waals surface area contributed by atoms with E-state index in [2.05, 4.69) is 32.7 Å². The van der Waals surface area contributed by atoms with Crippen LogP contribution in [0, 0.1) is 11.8 Å². The van der Waals surface area contributed by atoms with Crippen molar-refractivity contribution in [1.82, 2.24) is 15.5 Å². The van der Waals surface area contributed by atoms with E-state index >= 15 is 0 Å². The average molecular weight is 458 g/mol. The first-order valence-electron chi connectivity index (χ1n) is 10.6. The summed E-state index contributed by atoms with van der Waals surface area (Å²) in [5, 5.41) is 20.4. The normalized spacial score (nSPS) is 12.5. The molecule has 172 valence electrons. The largest absolute Gasteiger partial charge is 0.480 e. The summed E-state index contributed by atoms with van der Waals surface area (Å²) in [6.07, 6.45) is -0.752. The summed E-state index contributed by atoms with van der Waals surface area (Å²) in [6.45, 7) is 1.72. The molecular formula is C25H22N4O5. The van der Waals surface area contributed by atoms with Crippen molar-refractivity contribution in [2.45, 2.75) is 25.3 Å². The van der Waals surface area contributed by atoms with Gasteiger partial charge in [-0.2, -0.15) is 5.10 Å². The Hall–Kier alpha value is -4.58. The summed E-state index contributed by atoms with van der Waals surface area (Å²) in [5.74, 6) is 3.31. The molecule has 3 aromatic rings. The van der Waals surface area contributed by atoms with Crippen LogP contribution in [0.2, 0.25) is 0 Å². The number of aromatic amines is 1. The molecule has 2 amide bonds. The molecule has 34 heavy (non-hydrogen) atoms. The van der Waals surface area contributed by atoms with Crippen LogP contribution in [0.5, 0.6) is 0 Å². The van der Waals surface area contributed by atoms with Gasteiger partial charge < -0.3 is 15.2 Å². The van der Waals surface area contributed by atoms with Gasteiger partial charge in [-0.25, -0.2) is 9.59 Å². The predicted molar refractivity (Wildman–Crippen MR) is 124 cm³/mol. The highest BCUT2D eigenvalue weighted by Crippen LogP contribution is 2.44. The molecule has 9 nitrogen and oxygen atoms in total. The van der Waals surface area contributed by atoms with Crippen molar-refractivity contribution in [2.24, 2.45) is 0 Å². The van der Waals surface area contributed by atoms with Crippen LogP contribution in [0.15, 0.2) is 54.6 Å². The van der Waals surface area contributed by atoms with Gasteiger partial charge in [0.1, 0.15) is 18.3 Å². The third-order valence-corrected chi connectivity index (χ3v) is 5.48. The number of aliphatic carboxylic acids is 1. The number of H-pyrrole nitrogens is 1. The van der Waals surface area contributed by atoms with E-state index in [0.29, 0.717) is 0 Å². The van der Waals surface area contributed by atoms with Crippen molar-refractivity contribution in [1.29, 1.82) is 0 Å². The van der Waals surface area contributed by atoms with E-state index in [-0.39, 0.29) is 30.5 Å². The van der Waals surface area contributed by atoms with Crippen LogP contribution < -0.4 is 10.6 Å². The fraction of sp³-hybridized carbons (Fsp3) is 0.200. The van der Waals surface area contributed by atoms with Gasteiger partial charge >= 0.3 is 12.1 Å². The number of nitrogens with zero attached hydrogens (tertiary/aromatic N) is 1. The molecule has 1 unspecified atom stereocenters. The van der Waals surface area contributed by atoms with Crippen LogP contribution in [0.4, 0.5) is 10.6 Å². The molecule has 1 heterocycles. The number of rotatable bonds is 7. The molecule has 0 fully saturated rings. The molecule has 1 aliphatic rings. The van der Waals surface area contributed by atoms with Gasteiger partial charge in [-0.15, -0.1) is 11.8 Å². The molecule has 1 atom stereocenters. The maximum atomic E-state index is 12.4. The number of aromatic nitrogens is 2. The van der Waals surface area contributed by atoms with E-state index in [4.69, 9.17) is 4.74 Å². The van der Waals surface area contributed by atoms with Gasteiger partial charge in [0.15, 0.2) is 5.82 Å². The standard InChI is InChI=1S/C25H22N4O5/c1-2-3-12-20(24(31)32)26-23(30)21-13-22(29-28-21)27-25(33)34-14-19-17-10-6-4-8-15(17)16-9-5-7-11-18(16)19/h4-11,13,19-20H,12,14H2,1H3,(H,26,30)(H,31,32)(H2,27,28,29,33). The minimum absolute atomic E-state index is 0.00958. The van der Waals surface area contributed by atoms with Crippen molar-refractivity contribution in [2.75, 3.05) is 11.9 Å². The average Bonchev–Trinajstić information content (AvgIpc) is 3.43. The summed E-state index contributed by atoms with van der Waals surface area (Å²) in [7, 11) is 0. The van der Waals surface area contributed by atoms with Gasteiger partial charge in [-0.05, 0) is 29.2 Å². The second-order valence-corrected chi connectivity index (χ2v) is 7.61. The molecular weight excluding hydrogens is 436 g/mol. The van der Waals surface area contributed by atoms with Gasteiger partial charge in [0, 0.05) is 18.4 Å². The highest BCUT2D eigenvalue weighted by Gasteiger charge is 2.29. The Balaban J connectivity index is 1.36. The van der Waals surface area contributed by atoms with Crippen LogP contribution in [0.25, 0.3) is 11.1 Å². The number of fused-ring (bicyclic) bond motifs is 3. The minimum Gasteiger partial charge on any atom is -0.480 e. The topological polar surface area (TPSA) is 133 Å². The second-order valence-electron chi connectivity index (χ2n) is 7.61. The Morgan fingerprint density at radius 3 is 2.38 bits per heavy atom. The number of nitrogens with one attached hydrogen (secondary N) is 3. The lowest BCUT2D eigenvalue weighted by atomic mass is 9.98. The highest BCUT2D eigenvalue weighted by atomic mass is 16.5. The number of anilines is 1. The second kappa shape index (κ2) is 9.92. The number of hydrogen-bond acceptors (Lipinski definition) is 5. The number of amides is 2. The Morgan fingerprint density at radius 2 is 1.76 bits per heavy atom. The summed E-state index contributed by atoms with van der Waals surface area (Å²) in [6, 6.07) is 16.1. The van der Waals surface area contributed by atoms with Crippen molar-refractivity contribution in [3.63, 3.8) is 0 Å². The molecule has 4 N–H and O–H groups in total. The smallest absolute Gasteiger partial charge is 0.412 e. The molecule has 2 aromatic carbocycles. The maximum Gasteiger partial charge on any atom is 0.412 e. The van der Waals surface area contributed by atoms with Crippen LogP contribution in [0.3, 0.4) is 0 Å². The zero-order chi connectivity index (χ0) is 24.1. The molecule has 0 aliphatic heterocycles. The minimum atomic E-state index is -1.20. The number of hydrogen-bond donors (Lipinski definition) is 4. The van der Waals surface area contributed by atoms with Crippen molar-refractivity contribution < 1.29 is 24.2 Å². The Morgan fingerprint density at radius 1 is 1.12 bits per heavy atom. The third kappa shape index (κ3) is 4.76. The highest BCUT2D eigenvalue weighted by molar-refractivity contribution is 5.96. The molecule has 0 spiro atoms. The summed E-state index contributed by atoms with van der Waals surface area (Å²) < 4.78 is 5.46. The van der Waals surface area contributed by atoms with Crippen LogP contribution >= 0.6 is 0 Å². The lowest BCUT2D eigenvalue weighted by Crippen LogP contribution is -2.40. The van der Waals surface area contributed by atoms with E-state index in [1.165, 1.54) is 6.07 Å². The molecule has 1 aromatic heterocycles. The summed E-state index contributed by atoms with van der Waals surface area (Å²) in [5.41, 5.74) is 4.43. The Bertz CT molecular complexity index is 1260. The van der Waals surface area contributed by atoms with Crippen LogP contribution in [0.1, 0.15) is 40.9 Å². The zero-order valence-corrected chi connectivity index (χ0v) is 18.3. The van der Waals surface area contributed by atoms with Crippen molar-refractivity contribution in [3.05, 3.63) is 71.4 Å². The third-order valence-electron chi connectivity index (χ3n) is 5.48. The summed E-state index contributed by atoms with van der Waals surface area (Å²) >= 11 is 0. The first-order valence-corrected chi connectivity index (χ1v) is 10.6. The van der Waals surface area contributed by atoms with E-state index in [1.807, 2.05) is 48.5 Å². The lowest BCUT2D eigenvalue weighted by molar-refractivity contribution is -0.139. The molecule has 4 rings (SSSR count).